The summed E-state index contributed by atoms with van der Waals surface area (Å²) in [6.07, 6.45) is 2.99. The summed E-state index contributed by atoms with van der Waals surface area (Å²) < 4.78 is 13.6. The molecule has 0 amide bonds. The lowest BCUT2D eigenvalue weighted by Gasteiger charge is -2.20. The molecule has 98 valence electrons. The first-order valence-corrected chi connectivity index (χ1v) is 6.02. The fourth-order valence-corrected chi connectivity index (χ4v) is 2.45. The standard InChI is InChI=1S/C12H16FN3O2/c13-10-5-4-9(16(17)18)6-12(10)15-11-3-1-2-8(11)7-14/h4-6,8,11,15H,1-3,7,14H2. The third kappa shape index (κ3) is 2.59. The first-order valence-electron chi connectivity index (χ1n) is 6.02. The van der Waals surface area contributed by atoms with E-state index in [4.69, 9.17) is 5.73 Å². The van der Waals surface area contributed by atoms with E-state index in [0.717, 1.165) is 31.4 Å². The van der Waals surface area contributed by atoms with Crippen LogP contribution in [0, 0.1) is 21.8 Å². The van der Waals surface area contributed by atoms with Crippen LogP contribution in [0.1, 0.15) is 19.3 Å². The summed E-state index contributed by atoms with van der Waals surface area (Å²) in [6, 6.07) is 3.62. The van der Waals surface area contributed by atoms with Crippen molar-refractivity contribution in [3.63, 3.8) is 0 Å². The summed E-state index contributed by atoms with van der Waals surface area (Å²) in [4.78, 5) is 10.1. The predicted molar refractivity (Wildman–Crippen MR) is 66.9 cm³/mol. The highest BCUT2D eigenvalue weighted by Gasteiger charge is 2.26. The molecule has 18 heavy (non-hydrogen) atoms. The molecule has 0 aliphatic heterocycles. The third-order valence-electron chi connectivity index (χ3n) is 3.46. The van der Waals surface area contributed by atoms with E-state index < -0.39 is 10.7 Å². The Morgan fingerprint density at radius 1 is 1.50 bits per heavy atom. The average Bonchev–Trinajstić information content (AvgIpc) is 2.79. The van der Waals surface area contributed by atoms with Crippen molar-refractivity contribution in [2.24, 2.45) is 11.7 Å². The van der Waals surface area contributed by atoms with Gasteiger partial charge in [-0.2, -0.15) is 0 Å². The molecule has 0 saturated heterocycles. The van der Waals surface area contributed by atoms with Crippen molar-refractivity contribution < 1.29 is 9.31 Å². The fraction of sp³-hybridized carbons (Fsp3) is 0.500. The highest BCUT2D eigenvalue weighted by atomic mass is 19.1. The lowest BCUT2D eigenvalue weighted by molar-refractivity contribution is -0.384. The Balaban J connectivity index is 2.17. The van der Waals surface area contributed by atoms with E-state index in [-0.39, 0.29) is 17.4 Å². The van der Waals surface area contributed by atoms with Gasteiger partial charge in [-0.1, -0.05) is 6.42 Å². The summed E-state index contributed by atoms with van der Waals surface area (Å²) in [6.45, 7) is 0.550. The quantitative estimate of drug-likeness (QED) is 0.637. The van der Waals surface area contributed by atoms with Gasteiger partial charge >= 0.3 is 0 Å². The molecule has 2 unspecified atom stereocenters. The number of anilines is 1. The van der Waals surface area contributed by atoms with Gasteiger partial charge in [0.1, 0.15) is 5.82 Å². The van der Waals surface area contributed by atoms with Crippen molar-refractivity contribution in [2.45, 2.75) is 25.3 Å². The van der Waals surface area contributed by atoms with Gasteiger partial charge in [-0.05, 0) is 31.4 Å². The molecular formula is C12H16FN3O2. The molecule has 5 nitrogen and oxygen atoms in total. The summed E-state index contributed by atoms with van der Waals surface area (Å²) in [5, 5.41) is 13.7. The van der Waals surface area contributed by atoms with Crippen LogP contribution in [0.3, 0.4) is 0 Å². The van der Waals surface area contributed by atoms with Crippen LogP contribution in [0.25, 0.3) is 0 Å². The first kappa shape index (κ1) is 12.8. The fourth-order valence-electron chi connectivity index (χ4n) is 2.45. The smallest absolute Gasteiger partial charge is 0.271 e. The number of non-ortho nitro benzene ring substituents is 1. The van der Waals surface area contributed by atoms with Crippen LogP contribution < -0.4 is 11.1 Å². The van der Waals surface area contributed by atoms with Crippen molar-refractivity contribution >= 4 is 11.4 Å². The molecule has 0 spiro atoms. The van der Waals surface area contributed by atoms with E-state index in [1.807, 2.05) is 0 Å². The van der Waals surface area contributed by atoms with E-state index in [1.165, 1.54) is 6.07 Å². The molecule has 1 fully saturated rings. The predicted octanol–water partition coefficient (Wildman–Crippen LogP) is 2.27. The molecule has 0 heterocycles. The number of nitro benzene ring substituents is 1. The second-order valence-corrected chi connectivity index (χ2v) is 4.60. The van der Waals surface area contributed by atoms with E-state index in [1.54, 1.807) is 0 Å². The van der Waals surface area contributed by atoms with Crippen molar-refractivity contribution in [3.05, 3.63) is 34.1 Å². The summed E-state index contributed by atoms with van der Waals surface area (Å²) in [7, 11) is 0. The van der Waals surface area contributed by atoms with E-state index in [2.05, 4.69) is 5.32 Å². The molecule has 1 aliphatic rings. The number of hydrogen-bond donors (Lipinski definition) is 2. The lowest BCUT2D eigenvalue weighted by atomic mass is 10.0. The zero-order chi connectivity index (χ0) is 13.1. The molecule has 1 aliphatic carbocycles. The molecule has 0 aromatic heterocycles. The molecule has 1 aromatic rings. The second kappa shape index (κ2) is 5.30. The molecule has 2 atom stereocenters. The lowest BCUT2D eigenvalue weighted by Crippen LogP contribution is -2.29. The highest BCUT2D eigenvalue weighted by Crippen LogP contribution is 2.30. The maximum atomic E-state index is 13.6. The second-order valence-electron chi connectivity index (χ2n) is 4.60. The first-order chi connectivity index (χ1) is 8.61. The van der Waals surface area contributed by atoms with Crippen molar-refractivity contribution in [1.29, 1.82) is 0 Å². The molecule has 3 N–H and O–H groups in total. The van der Waals surface area contributed by atoms with Crippen molar-refractivity contribution in [2.75, 3.05) is 11.9 Å². The van der Waals surface area contributed by atoms with Crippen LogP contribution in [0.2, 0.25) is 0 Å². The van der Waals surface area contributed by atoms with Crippen LogP contribution in [0.5, 0.6) is 0 Å². The topological polar surface area (TPSA) is 81.2 Å². The molecule has 1 saturated carbocycles. The minimum Gasteiger partial charge on any atom is -0.379 e. The number of nitrogens with two attached hydrogens (primary N) is 1. The van der Waals surface area contributed by atoms with Gasteiger partial charge in [-0.15, -0.1) is 0 Å². The van der Waals surface area contributed by atoms with Crippen molar-refractivity contribution in [3.8, 4) is 0 Å². The van der Waals surface area contributed by atoms with Gasteiger partial charge in [0, 0.05) is 18.2 Å². The SMILES string of the molecule is NCC1CCCC1Nc1cc([N+](=O)[O-])ccc1F. The number of benzene rings is 1. The molecular weight excluding hydrogens is 237 g/mol. The van der Waals surface area contributed by atoms with Crippen molar-refractivity contribution in [1.82, 2.24) is 0 Å². The Kier molecular flexibility index (Phi) is 3.76. The van der Waals surface area contributed by atoms with E-state index in [9.17, 15) is 14.5 Å². The zero-order valence-electron chi connectivity index (χ0n) is 9.93. The number of nitrogens with one attached hydrogen (secondary N) is 1. The third-order valence-corrected chi connectivity index (χ3v) is 3.46. The van der Waals surface area contributed by atoms with E-state index in [0.29, 0.717) is 12.5 Å². The molecule has 6 heteroatoms. The molecule has 0 radical (unpaired) electrons. The number of nitrogens with zero attached hydrogens (tertiary/aromatic N) is 1. The summed E-state index contributed by atoms with van der Waals surface area (Å²) in [5.41, 5.74) is 5.73. The maximum absolute atomic E-state index is 13.6. The number of halogens is 1. The van der Waals surface area contributed by atoms with Gasteiger partial charge in [0.15, 0.2) is 0 Å². The minimum atomic E-state index is -0.528. The Morgan fingerprint density at radius 3 is 2.94 bits per heavy atom. The van der Waals surface area contributed by atoms with Crippen LogP contribution in [-0.2, 0) is 0 Å². The van der Waals surface area contributed by atoms with Crippen LogP contribution in [0.4, 0.5) is 15.8 Å². The Labute approximate surface area is 104 Å². The van der Waals surface area contributed by atoms with Gasteiger partial charge in [0.25, 0.3) is 5.69 Å². The monoisotopic (exact) mass is 253 g/mol. The minimum absolute atomic E-state index is 0.103. The maximum Gasteiger partial charge on any atom is 0.271 e. The van der Waals surface area contributed by atoms with Crippen LogP contribution in [0.15, 0.2) is 18.2 Å². The zero-order valence-corrected chi connectivity index (χ0v) is 9.93. The Morgan fingerprint density at radius 2 is 2.28 bits per heavy atom. The summed E-state index contributed by atoms with van der Waals surface area (Å²) >= 11 is 0. The average molecular weight is 253 g/mol. The van der Waals surface area contributed by atoms with E-state index >= 15 is 0 Å². The van der Waals surface area contributed by atoms with Crippen LogP contribution in [-0.4, -0.2) is 17.5 Å². The Bertz CT molecular complexity index is 453. The Hall–Kier alpha value is -1.69. The largest absolute Gasteiger partial charge is 0.379 e. The molecule has 1 aromatic carbocycles. The van der Waals surface area contributed by atoms with Gasteiger partial charge in [0.05, 0.1) is 10.6 Å². The highest BCUT2D eigenvalue weighted by molar-refractivity contribution is 5.53. The van der Waals surface area contributed by atoms with Gasteiger partial charge < -0.3 is 11.1 Å². The van der Waals surface area contributed by atoms with Gasteiger partial charge in [-0.25, -0.2) is 4.39 Å². The number of nitro groups is 1. The molecule has 2 rings (SSSR count). The number of rotatable bonds is 4. The normalized spacial score (nSPS) is 23.0. The number of hydrogen-bond acceptors (Lipinski definition) is 4. The summed E-state index contributed by atoms with van der Waals surface area (Å²) in [5.74, 6) is -0.160. The van der Waals surface area contributed by atoms with Gasteiger partial charge in [0.2, 0.25) is 0 Å². The van der Waals surface area contributed by atoms with Gasteiger partial charge in [-0.3, -0.25) is 10.1 Å². The molecule has 0 bridgehead atoms. The van der Waals surface area contributed by atoms with Crippen LogP contribution >= 0.6 is 0 Å².